The van der Waals surface area contributed by atoms with E-state index < -0.39 is 0 Å². The number of amides is 1. The molecule has 1 aromatic carbocycles. The summed E-state index contributed by atoms with van der Waals surface area (Å²) in [5.41, 5.74) is 5.64. The molecule has 6 heteroatoms. The fourth-order valence-electron chi connectivity index (χ4n) is 3.39. The van der Waals surface area contributed by atoms with Crippen LogP contribution in [0.3, 0.4) is 0 Å². The largest absolute Gasteiger partial charge is 0.368 e. The van der Waals surface area contributed by atoms with E-state index >= 15 is 0 Å². The molecule has 1 saturated heterocycles. The van der Waals surface area contributed by atoms with E-state index in [0.29, 0.717) is 29.8 Å². The summed E-state index contributed by atoms with van der Waals surface area (Å²) >= 11 is 0. The second-order valence-corrected chi connectivity index (χ2v) is 6.62. The second-order valence-electron chi connectivity index (χ2n) is 6.62. The van der Waals surface area contributed by atoms with Gasteiger partial charge in [-0.05, 0) is 37.1 Å². The van der Waals surface area contributed by atoms with Gasteiger partial charge in [0.1, 0.15) is 5.52 Å². The monoisotopic (exact) mass is 347 g/mol. The predicted octanol–water partition coefficient (Wildman–Crippen LogP) is 2.60. The summed E-state index contributed by atoms with van der Waals surface area (Å²) in [6.45, 7) is 7.35. The number of hydrogen-bond acceptors (Lipinski definition) is 5. The third-order valence-corrected chi connectivity index (χ3v) is 5.05. The fraction of sp³-hybridized carbons (Fsp3) is 0.300. The fourth-order valence-corrected chi connectivity index (χ4v) is 3.39. The van der Waals surface area contributed by atoms with Gasteiger partial charge in [-0.1, -0.05) is 12.1 Å². The number of carbonyl (C=O) groups is 1. The highest BCUT2D eigenvalue weighted by Crippen LogP contribution is 2.24. The number of anilines is 1. The number of rotatable bonds is 2. The predicted molar refractivity (Wildman–Crippen MR) is 101 cm³/mol. The number of aryl methyl sites for hydroxylation is 1. The van der Waals surface area contributed by atoms with Gasteiger partial charge in [0.15, 0.2) is 5.65 Å². The molecule has 2 aromatic heterocycles. The number of pyridine rings is 1. The molecule has 0 saturated carbocycles. The van der Waals surface area contributed by atoms with Crippen molar-refractivity contribution in [2.75, 3.05) is 31.1 Å². The topological polar surface area (TPSA) is 62.2 Å². The molecule has 3 aromatic rings. The third kappa shape index (κ3) is 2.98. The van der Waals surface area contributed by atoms with Crippen LogP contribution < -0.4 is 4.90 Å². The average molecular weight is 347 g/mol. The molecule has 0 unspecified atom stereocenters. The quantitative estimate of drug-likeness (QED) is 0.713. The minimum Gasteiger partial charge on any atom is -0.368 e. The standard InChI is InChI=1S/C20H21N5O/c1-14-4-3-5-18(15(14)2)24-8-10-25(11-9-24)20(26)16-12-17-19(23-13-16)22-7-6-21-17/h3-7,12-13H,8-11H2,1-2H3. The van der Waals surface area contributed by atoms with Gasteiger partial charge < -0.3 is 9.80 Å². The molecule has 132 valence electrons. The molecule has 0 atom stereocenters. The van der Waals surface area contributed by atoms with Crippen molar-refractivity contribution in [3.05, 3.63) is 59.5 Å². The first-order valence-electron chi connectivity index (χ1n) is 8.81. The Bertz CT molecular complexity index is 963. The lowest BCUT2D eigenvalue weighted by molar-refractivity contribution is 0.0746. The number of piperazine rings is 1. The van der Waals surface area contributed by atoms with E-state index in [1.165, 1.54) is 16.8 Å². The van der Waals surface area contributed by atoms with Gasteiger partial charge in [-0.3, -0.25) is 9.78 Å². The molecule has 3 heterocycles. The summed E-state index contributed by atoms with van der Waals surface area (Å²) in [4.78, 5) is 29.7. The Balaban J connectivity index is 1.48. The van der Waals surface area contributed by atoms with Crippen molar-refractivity contribution in [2.45, 2.75) is 13.8 Å². The summed E-state index contributed by atoms with van der Waals surface area (Å²) in [6, 6.07) is 8.16. The summed E-state index contributed by atoms with van der Waals surface area (Å²) in [5, 5.41) is 0. The van der Waals surface area contributed by atoms with E-state index in [9.17, 15) is 4.79 Å². The van der Waals surface area contributed by atoms with Crippen LogP contribution >= 0.6 is 0 Å². The third-order valence-electron chi connectivity index (χ3n) is 5.05. The van der Waals surface area contributed by atoms with Gasteiger partial charge in [-0.25, -0.2) is 9.97 Å². The van der Waals surface area contributed by atoms with Gasteiger partial charge in [0.05, 0.1) is 5.56 Å². The van der Waals surface area contributed by atoms with E-state index in [0.717, 1.165) is 13.1 Å². The lowest BCUT2D eigenvalue weighted by Gasteiger charge is -2.37. The zero-order chi connectivity index (χ0) is 18.1. The van der Waals surface area contributed by atoms with E-state index in [2.05, 4.69) is 51.9 Å². The smallest absolute Gasteiger partial charge is 0.255 e. The molecule has 0 spiro atoms. The van der Waals surface area contributed by atoms with Gasteiger partial charge in [-0.15, -0.1) is 0 Å². The minimum absolute atomic E-state index is 0.00525. The molecule has 1 aliphatic rings. The molecular formula is C20H21N5O. The second kappa shape index (κ2) is 6.71. The first kappa shape index (κ1) is 16.4. The van der Waals surface area contributed by atoms with Crippen LogP contribution in [0, 0.1) is 13.8 Å². The van der Waals surface area contributed by atoms with Crippen LogP contribution in [-0.4, -0.2) is 51.9 Å². The average Bonchev–Trinajstić information content (AvgIpc) is 2.69. The van der Waals surface area contributed by atoms with Crippen molar-refractivity contribution in [3.8, 4) is 0 Å². The Labute approximate surface area is 152 Å². The molecule has 1 aliphatic heterocycles. The molecular weight excluding hydrogens is 326 g/mol. The highest BCUT2D eigenvalue weighted by Gasteiger charge is 2.23. The lowest BCUT2D eigenvalue weighted by atomic mass is 10.1. The zero-order valence-electron chi connectivity index (χ0n) is 15.0. The van der Waals surface area contributed by atoms with Gasteiger partial charge in [-0.2, -0.15) is 0 Å². The number of carbonyl (C=O) groups excluding carboxylic acids is 1. The summed E-state index contributed by atoms with van der Waals surface area (Å²) in [7, 11) is 0. The number of hydrogen-bond donors (Lipinski definition) is 0. The Hall–Kier alpha value is -3.02. The number of nitrogens with zero attached hydrogens (tertiary/aromatic N) is 5. The van der Waals surface area contributed by atoms with Crippen LogP contribution in [0.1, 0.15) is 21.5 Å². The Morgan fingerprint density at radius 3 is 2.58 bits per heavy atom. The molecule has 6 nitrogen and oxygen atoms in total. The number of benzene rings is 1. The van der Waals surface area contributed by atoms with Gasteiger partial charge in [0.25, 0.3) is 5.91 Å². The van der Waals surface area contributed by atoms with Crippen molar-refractivity contribution in [2.24, 2.45) is 0 Å². The highest BCUT2D eigenvalue weighted by atomic mass is 16.2. The SMILES string of the molecule is Cc1cccc(N2CCN(C(=O)c3cnc4nccnc4c3)CC2)c1C. The first-order chi connectivity index (χ1) is 12.6. The van der Waals surface area contributed by atoms with E-state index in [4.69, 9.17) is 0 Å². The molecule has 1 fully saturated rings. The molecule has 0 aliphatic carbocycles. The van der Waals surface area contributed by atoms with Gasteiger partial charge in [0, 0.05) is 50.5 Å². The van der Waals surface area contributed by atoms with Crippen molar-refractivity contribution < 1.29 is 4.79 Å². The van der Waals surface area contributed by atoms with E-state index in [-0.39, 0.29) is 5.91 Å². The first-order valence-corrected chi connectivity index (χ1v) is 8.81. The van der Waals surface area contributed by atoms with Crippen LogP contribution in [0.5, 0.6) is 0 Å². The summed E-state index contributed by atoms with van der Waals surface area (Å²) in [6.07, 6.45) is 4.81. The Morgan fingerprint density at radius 2 is 1.77 bits per heavy atom. The van der Waals surface area contributed by atoms with Crippen molar-refractivity contribution in [3.63, 3.8) is 0 Å². The minimum atomic E-state index is 0.00525. The van der Waals surface area contributed by atoms with E-state index in [1.54, 1.807) is 24.7 Å². The number of aromatic nitrogens is 3. The van der Waals surface area contributed by atoms with Crippen LogP contribution in [0.15, 0.2) is 42.9 Å². The molecule has 4 rings (SSSR count). The van der Waals surface area contributed by atoms with Crippen LogP contribution in [0.4, 0.5) is 5.69 Å². The maximum atomic E-state index is 12.8. The van der Waals surface area contributed by atoms with Crippen molar-refractivity contribution in [1.29, 1.82) is 0 Å². The zero-order valence-corrected chi connectivity index (χ0v) is 15.0. The highest BCUT2D eigenvalue weighted by molar-refractivity contribution is 5.96. The van der Waals surface area contributed by atoms with Crippen LogP contribution in [0.25, 0.3) is 11.2 Å². The molecule has 0 N–H and O–H groups in total. The maximum absolute atomic E-state index is 12.8. The molecule has 1 amide bonds. The van der Waals surface area contributed by atoms with E-state index in [1.807, 2.05) is 4.90 Å². The Kier molecular flexibility index (Phi) is 4.24. The summed E-state index contributed by atoms with van der Waals surface area (Å²) in [5.74, 6) is 0.00525. The maximum Gasteiger partial charge on any atom is 0.255 e. The van der Waals surface area contributed by atoms with Crippen LogP contribution in [0.2, 0.25) is 0 Å². The van der Waals surface area contributed by atoms with Crippen LogP contribution in [-0.2, 0) is 0 Å². The van der Waals surface area contributed by atoms with Gasteiger partial charge >= 0.3 is 0 Å². The summed E-state index contributed by atoms with van der Waals surface area (Å²) < 4.78 is 0. The van der Waals surface area contributed by atoms with Crippen molar-refractivity contribution >= 4 is 22.8 Å². The molecule has 0 bridgehead atoms. The van der Waals surface area contributed by atoms with Gasteiger partial charge in [0.2, 0.25) is 0 Å². The van der Waals surface area contributed by atoms with Crippen molar-refractivity contribution in [1.82, 2.24) is 19.9 Å². The number of fused-ring (bicyclic) bond motifs is 1. The Morgan fingerprint density at radius 1 is 1.00 bits per heavy atom. The molecule has 0 radical (unpaired) electrons. The lowest BCUT2D eigenvalue weighted by Crippen LogP contribution is -2.49. The molecule has 26 heavy (non-hydrogen) atoms. The normalized spacial score (nSPS) is 14.7.